The van der Waals surface area contributed by atoms with Crippen LogP contribution in [0.1, 0.15) is 11.3 Å². The predicted octanol–water partition coefficient (Wildman–Crippen LogP) is 2.33. The molecule has 1 N–H and O–H groups in total. The molecule has 1 saturated heterocycles. The zero-order chi connectivity index (χ0) is 22.9. The van der Waals surface area contributed by atoms with Crippen molar-refractivity contribution >= 4 is 34.4 Å². The van der Waals surface area contributed by atoms with Crippen molar-refractivity contribution in [2.24, 2.45) is 0 Å². The number of hydrogen-bond acceptors (Lipinski definition) is 7. The zero-order valence-corrected chi connectivity index (χ0v) is 19.7. The van der Waals surface area contributed by atoms with E-state index in [0.29, 0.717) is 35.2 Å². The molecule has 1 aromatic carbocycles. The molecule has 1 aliphatic heterocycles. The molecule has 0 unspecified atom stereocenters. The number of aryl methyl sites for hydroxylation is 1. The van der Waals surface area contributed by atoms with Crippen molar-refractivity contribution in [1.29, 1.82) is 0 Å². The van der Waals surface area contributed by atoms with E-state index in [1.54, 1.807) is 21.2 Å². The van der Waals surface area contributed by atoms with E-state index < -0.39 is 0 Å². The lowest BCUT2D eigenvalue weighted by Crippen LogP contribution is -2.49. The highest BCUT2D eigenvalue weighted by atomic mass is 32.1. The molecule has 0 atom stereocenters. The fraction of sp³-hybridized carbons (Fsp3) is 0.318. The van der Waals surface area contributed by atoms with Crippen molar-refractivity contribution in [3.63, 3.8) is 0 Å². The van der Waals surface area contributed by atoms with Crippen molar-refractivity contribution in [3.05, 3.63) is 68.3 Å². The Kier molecular flexibility index (Phi) is 5.92. The fourth-order valence-electron chi connectivity index (χ4n) is 4.06. The quantitative estimate of drug-likeness (QED) is 0.440. The van der Waals surface area contributed by atoms with Crippen LogP contribution in [0.4, 0.5) is 0 Å². The van der Waals surface area contributed by atoms with Crippen LogP contribution >= 0.6 is 23.6 Å². The summed E-state index contributed by atoms with van der Waals surface area (Å²) in [4.78, 5) is 34.6. The number of amides is 1. The number of nitrogens with zero attached hydrogens (tertiary/aromatic N) is 6. The topological polar surface area (TPSA) is 91.5 Å². The van der Waals surface area contributed by atoms with Gasteiger partial charge in [0.05, 0.1) is 5.69 Å². The molecular weight excluding hydrogens is 458 g/mol. The van der Waals surface area contributed by atoms with Crippen LogP contribution in [0.25, 0.3) is 16.3 Å². The molecule has 0 radical (unpaired) electrons. The molecule has 11 heteroatoms. The molecule has 0 bridgehead atoms. The van der Waals surface area contributed by atoms with E-state index in [9.17, 15) is 9.59 Å². The van der Waals surface area contributed by atoms with Gasteiger partial charge in [0.2, 0.25) is 5.91 Å². The highest BCUT2D eigenvalue weighted by Crippen LogP contribution is 2.19. The van der Waals surface area contributed by atoms with E-state index in [1.165, 1.54) is 11.3 Å². The number of hydrogen-bond donors (Lipinski definition) is 1. The lowest BCUT2D eigenvalue weighted by atomic mass is 10.1. The number of fused-ring (bicyclic) bond motifs is 1. The Morgan fingerprint density at radius 3 is 2.82 bits per heavy atom. The lowest BCUT2D eigenvalue weighted by molar-refractivity contribution is -0.133. The standard InChI is InChI=1S/C22H23N7O2S2/c1-15-3-2-4-16(11-15)20-24-25-21(32)29(20)14-19(31)27-7-5-26(6-8-27)13-17-12-18(30)28-9-10-33-22(28)23-17/h2-4,9-12H,5-8,13-14H2,1H3,(H,25,32). The Labute approximate surface area is 198 Å². The molecule has 4 heterocycles. The van der Waals surface area contributed by atoms with E-state index in [-0.39, 0.29) is 18.0 Å². The van der Waals surface area contributed by atoms with Gasteiger partial charge in [-0.2, -0.15) is 5.10 Å². The maximum absolute atomic E-state index is 13.0. The first kappa shape index (κ1) is 21.7. The first-order valence-electron chi connectivity index (χ1n) is 10.7. The first-order valence-corrected chi connectivity index (χ1v) is 11.9. The second-order valence-corrected chi connectivity index (χ2v) is 9.37. The summed E-state index contributed by atoms with van der Waals surface area (Å²) in [5, 5.41) is 9.01. The van der Waals surface area contributed by atoms with Gasteiger partial charge in [-0.25, -0.2) is 4.98 Å². The Hall–Kier alpha value is -3.15. The maximum atomic E-state index is 13.0. The Bertz CT molecular complexity index is 1430. The monoisotopic (exact) mass is 481 g/mol. The van der Waals surface area contributed by atoms with Crippen LogP contribution < -0.4 is 5.56 Å². The third-order valence-electron chi connectivity index (χ3n) is 5.79. The molecule has 33 heavy (non-hydrogen) atoms. The van der Waals surface area contributed by atoms with E-state index in [1.807, 2.05) is 41.5 Å². The Balaban J connectivity index is 1.23. The van der Waals surface area contributed by atoms with Gasteiger partial charge in [-0.15, -0.1) is 11.3 Å². The SMILES string of the molecule is Cc1cccc(-c2n[nH]c(=S)n2CC(=O)N2CCN(Cc3cc(=O)n4ccsc4n3)CC2)c1. The van der Waals surface area contributed by atoms with Gasteiger partial charge in [-0.1, -0.05) is 23.8 Å². The van der Waals surface area contributed by atoms with Crippen LogP contribution in [0.15, 0.2) is 46.7 Å². The molecule has 9 nitrogen and oxygen atoms in total. The number of piperazine rings is 1. The van der Waals surface area contributed by atoms with Crippen molar-refractivity contribution in [3.8, 4) is 11.4 Å². The summed E-state index contributed by atoms with van der Waals surface area (Å²) in [6.45, 7) is 5.43. The molecule has 5 rings (SSSR count). The first-order chi connectivity index (χ1) is 16.0. The van der Waals surface area contributed by atoms with Crippen molar-refractivity contribution < 1.29 is 4.79 Å². The highest BCUT2D eigenvalue weighted by Gasteiger charge is 2.23. The number of aromatic amines is 1. The minimum Gasteiger partial charge on any atom is -0.339 e. The number of benzene rings is 1. The van der Waals surface area contributed by atoms with Crippen LogP contribution in [0.3, 0.4) is 0 Å². The molecule has 170 valence electrons. The minimum absolute atomic E-state index is 0.0115. The average molecular weight is 482 g/mol. The highest BCUT2D eigenvalue weighted by molar-refractivity contribution is 7.71. The van der Waals surface area contributed by atoms with Gasteiger partial charge in [0.1, 0.15) is 6.54 Å². The number of thiazole rings is 1. The number of nitrogens with one attached hydrogen (secondary N) is 1. The van der Waals surface area contributed by atoms with Gasteiger partial charge >= 0.3 is 0 Å². The van der Waals surface area contributed by atoms with Crippen LogP contribution in [-0.2, 0) is 17.9 Å². The number of H-pyrrole nitrogens is 1. The summed E-state index contributed by atoms with van der Waals surface area (Å²) in [5.74, 6) is 0.675. The summed E-state index contributed by atoms with van der Waals surface area (Å²) in [6, 6.07) is 9.56. The maximum Gasteiger partial charge on any atom is 0.258 e. The second kappa shape index (κ2) is 9.00. The van der Waals surface area contributed by atoms with Crippen LogP contribution in [0.2, 0.25) is 0 Å². The summed E-state index contributed by atoms with van der Waals surface area (Å²) in [6.07, 6.45) is 1.74. The fourth-order valence-corrected chi connectivity index (χ4v) is 4.99. The number of carbonyl (C=O) groups is 1. The molecule has 3 aromatic heterocycles. The second-order valence-electron chi connectivity index (χ2n) is 8.11. The molecule has 0 aliphatic carbocycles. The summed E-state index contributed by atoms with van der Waals surface area (Å²) in [7, 11) is 0. The Morgan fingerprint density at radius 2 is 2.03 bits per heavy atom. The molecule has 4 aromatic rings. The van der Waals surface area contributed by atoms with E-state index in [4.69, 9.17) is 12.2 Å². The van der Waals surface area contributed by atoms with E-state index in [2.05, 4.69) is 20.1 Å². The van der Waals surface area contributed by atoms with Crippen molar-refractivity contribution in [1.82, 2.24) is 33.9 Å². The molecule has 1 fully saturated rings. The normalized spacial score (nSPS) is 14.8. The third kappa shape index (κ3) is 4.52. The van der Waals surface area contributed by atoms with Crippen molar-refractivity contribution in [2.75, 3.05) is 26.2 Å². The summed E-state index contributed by atoms with van der Waals surface area (Å²) >= 11 is 6.83. The smallest absolute Gasteiger partial charge is 0.258 e. The van der Waals surface area contributed by atoms with Gasteiger partial charge in [-0.3, -0.25) is 28.6 Å². The molecule has 1 aliphatic rings. The number of carbonyl (C=O) groups excluding carboxylic acids is 1. The number of aromatic nitrogens is 5. The molecule has 0 saturated carbocycles. The molecule has 0 spiro atoms. The lowest BCUT2D eigenvalue weighted by Gasteiger charge is -2.34. The van der Waals surface area contributed by atoms with Gasteiger partial charge in [0.25, 0.3) is 5.56 Å². The minimum atomic E-state index is -0.0636. The zero-order valence-electron chi connectivity index (χ0n) is 18.1. The van der Waals surface area contributed by atoms with Gasteiger partial charge in [0, 0.05) is 55.9 Å². The molecule has 1 amide bonds. The summed E-state index contributed by atoms with van der Waals surface area (Å²) < 4.78 is 3.74. The Morgan fingerprint density at radius 1 is 1.21 bits per heavy atom. The van der Waals surface area contributed by atoms with E-state index in [0.717, 1.165) is 29.9 Å². The van der Waals surface area contributed by atoms with Gasteiger partial charge in [0.15, 0.2) is 15.6 Å². The van der Waals surface area contributed by atoms with Gasteiger partial charge < -0.3 is 4.90 Å². The largest absolute Gasteiger partial charge is 0.339 e. The van der Waals surface area contributed by atoms with Crippen LogP contribution in [0.5, 0.6) is 0 Å². The molecular formula is C22H23N7O2S2. The number of rotatable bonds is 5. The average Bonchev–Trinajstić information content (AvgIpc) is 3.41. The van der Waals surface area contributed by atoms with Gasteiger partial charge in [-0.05, 0) is 25.2 Å². The van der Waals surface area contributed by atoms with Crippen LogP contribution in [0, 0.1) is 11.7 Å². The summed E-state index contributed by atoms with van der Waals surface area (Å²) in [5.41, 5.74) is 2.73. The van der Waals surface area contributed by atoms with Crippen LogP contribution in [-0.4, -0.2) is 66.0 Å². The van der Waals surface area contributed by atoms with E-state index >= 15 is 0 Å². The third-order valence-corrected chi connectivity index (χ3v) is 6.86. The predicted molar refractivity (Wildman–Crippen MR) is 129 cm³/mol. The van der Waals surface area contributed by atoms with Crippen molar-refractivity contribution in [2.45, 2.75) is 20.0 Å².